The van der Waals surface area contributed by atoms with Crippen LogP contribution in [0.5, 0.6) is 0 Å². The molecule has 84 valence electrons. The summed E-state index contributed by atoms with van der Waals surface area (Å²) in [6.45, 7) is 0.232. The van der Waals surface area contributed by atoms with Crippen LogP contribution in [0.2, 0.25) is 0 Å². The van der Waals surface area contributed by atoms with Gasteiger partial charge in [-0.1, -0.05) is 0 Å². The number of hydrogen-bond donors (Lipinski definition) is 1. The molecule has 0 aliphatic heterocycles. The van der Waals surface area contributed by atoms with Crippen LogP contribution in [0.1, 0.15) is 23.3 Å². The average Bonchev–Trinajstić information content (AvgIpc) is 2.59. The summed E-state index contributed by atoms with van der Waals surface area (Å²) in [5, 5.41) is 0. The number of methoxy groups -OCH3 is 1. The Hall–Kier alpha value is -1.52. The minimum atomic E-state index is -0.424. The van der Waals surface area contributed by atoms with Gasteiger partial charge in [0.05, 0.1) is 19.5 Å². The first-order valence-electron chi connectivity index (χ1n) is 4.79. The zero-order valence-corrected chi connectivity index (χ0v) is 8.70. The van der Waals surface area contributed by atoms with Crippen molar-refractivity contribution in [2.75, 3.05) is 19.5 Å². The van der Waals surface area contributed by atoms with Gasteiger partial charge in [0.25, 0.3) is 0 Å². The number of rotatable bonds is 5. The molecule has 0 unspecified atom stereocenters. The Labute approximate surface area is 87.8 Å². The third-order valence-corrected chi connectivity index (χ3v) is 2.09. The summed E-state index contributed by atoms with van der Waals surface area (Å²) in [5.74, 6) is -0.424. The molecular weight excluding hydrogens is 199 g/mol. The second-order valence-electron chi connectivity index (χ2n) is 3.24. The van der Waals surface area contributed by atoms with Crippen molar-refractivity contribution >= 4 is 11.7 Å². The van der Waals surface area contributed by atoms with Crippen LogP contribution in [0.4, 0.5) is 10.1 Å². The number of alkyl halides is 1. The summed E-state index contributed by atoms with van der Waals surface area (Å²) in [6, 6.07) is 1.56. The molecule has 0 fully saturated rings. The first-order valence-corrected chi connectivity index (χ1v) is 4.79. The van der Waals surface area contributed by atoms with Crippen molar-refractivity contribution in [3.63, 3.8) is 0 Å². The van der Waals surface area contributed by atoms with E-state index in [9.17, 15) is 9.18 Å². The van der Waals surface area contributed by atoms with Gasteiger partial charge in [0.2, 0.25) is 0 Å². The topological polar surface area (TPSA) is 57.2 Å². The number of anilines is 1. The van der Waals surface area contributed by atoms with Crippen LogP contribution in [0.3, 0.4) is 0 Å². The molecule has 15 heavy (non-hydrogen) atoms. The van der Waals surface area contributed by atoms with Crippen LogP contribution in [-0.4, -0.2) is 24.3 Å². The third-order valence-electron chi connectivity index (χ3n) is 2.09. The fourth-order valence-corrected chi connectivity index (χ4v) is 1.37. The third kappa shape index (κ3) is 2.97. The van der Waals surface area contributed by atoms with Crippen LogP contribution >= 0.6 is 0 Å². The van der Waals surface area contributed by atoms with E-state index in [1.165, 1.54) is 7.11 Å². The number of nitrogen functional groups attached to an aromatic ring is 1. The number of esters is 1. The largest absolute Gasteiger partial charge is 0.464 e. The lowest BCUT2D eigenvalue weighted by atomic mass is 10.3. The number of aryl methyl sites for hydroxylation is 1. The van der Waals surface area contributed by atoms with Gasteiger partial charge >= 0.3 is 5.97 Å². The van der Waals surface area contributed by atoms with Crippen LogP contribution < -0.4 is 5.73 Å². The van der Waals surface area contributed by atoms with Crippen molar-refractivity contribution in [2.45, 2.75) is 19.4 Å². The van der Waals surface area contributed by atoms with Gasteiger partial charge in [-0.3, -0.25) is 4.39 Å². The van der Waals surface area contributed by atoms with Gasteiger partial charge in [-0.05, 0) is 18.9 Å². The first kappa shape index (κ1) is 11.6. The highest BCUT2D eigenvalue weighted by atomic mass is 19.1. The molecule has 1 heterocycles. The van der Waals surface area contributed by atoms with Crippen LogP contribution in [0, 0.1) is 0 Å². The van der Waals surface area contributed by atoms with Crippen molar-refractivity contribution in [3.05, 3.63) is 18.0 Å². The molecule has 0 aromatic carbocycles. The highest BCUT2D eigenvalue weighted by Gasteiger charge is 2.12. The average molecular weight is 214 g/mol. The summed E-state index contributed by atoms with van der Waals surface area (Å²) in [4.78, 5) is 11.3. The Morgan fingerprint density at radius 1 is 1.60 bits per heavy atom. The summed E-state index contributed by atoms with van der Waals surface area (Å²) in [7, 11) is 1.32. The zero-order chi connectivity index (χ0) is 11.3. The number of nitrogens with two attached hydrogens (primary N) is 1. The van der Waals surface area contributed by atoms with E-state index in [-0.39, 0.29) is 6.67 Å². The molecule has 2 N–H and O–H groups in total. The number of nitrogens with zero attached hydrogens (tertiary/aromatic N) is 1. The summed E-state index contributed by atoms with van der Waals surface area (Å²) in [5.41, 5.74) is 6.49. The van der Waals surface area contributed by atoms with E-state index < -0.39 is 5.97 Å². The maximum atomic E-state index is 11.9. The summed E-state index contributed by atoms with van der Waals surface area (Å²) < 4.78 is 18.2. The van der Waals surface area contributed by atoms with Crippen molar-refractivity contribution < 1.29 is 13.9 Å². The molecule has 0 amide bonds. The van der Waals surface area contributed by atoms with Crippen LogP contribution in [-0.2, 0) is 11.3 Å². The fourth-order valence-electron chi connectivity index (χ4n) is 1.37. The van der Waals surface area contributed by atoms with Gasteiger partial charge < -0.3 is 15.0 Å². The Balaban J connectivity index is 2.72. The SMILES string of the molecule is COC(=O)c1cc(N)cn1CCCCF. The minimum absolute atomic E-state index is 0.343. The number of hydrogen-bond acceptors (Lipinski definition) is 3. The Morgan fingerprint density at radius 2 is 2.33 bits per heavy atom. The van der Waals surface area contributed by atoms with E-state index in [4.69, 9.17) is 5.73 Å². The van der Waals surface area contributed by atoms with E-state index >= 15 is 0 Å². The van der Waals surface area contributed by atoms with Crippen LogP contribution in [0.25, 0.3) is 0 Å². The molecule has 1 rings (SSSR count). The molecule has 4 nitrogen and oxygen atoms in total. The van der Waals surface area contributed by atoms with Gasteiger partial charge in [0, 0.05) is 12.7 Å². The van der Waals surface area contributed by atoms with E-state index in [0.717, 1.165) is 0 Å². The van der Waals surface area contributed by atoms with Crippen molar-refractivity contribution in [2.24, 2.45) is 0 Å². The zero-order valence-electron chi connectivity index (χ0n) is 8.70. The molecule has 1 aromatic rings. The second-order valence-corrected chi connectivity index (χ2v) is 3.24. The molecule has 0 saturated carbocycles. The lowest BCUT2D eigenvalue weighted by Crippen LogP contribution is -2.10. The number of ether oxygens (including phenoxy) is 1. The van der Waals surface area contributed by atoms with E-state index in [2.05, 4.69) is 4.74 Å². The summed E-state index contributed by atoms with van der Waals surface area (Å²) >= 11 is 0. The van der Waals surface area contributed by atoms with E-state index in [1.54, 1.807) is 16.8 Å². The minimum Gasteiger partial charge on any atom is -0.464 e. The molecule has 1 aromatic heterocycles. The van der Waals surface area contributed by atoms with Crippen LogP contribution in [0.15, 0.2) is 12.3 Å². The van der Waals surface area contributed by atoms with Gasteiger partial charge in [-0.25, -0.2) is 4.79 Å². The van der Waals surface area contributed by atoms with Crippen molar-refractivity contribution in [3.8, 4) is 0 Å². The first-order chi connectivity index (χ1) is 7.19. The predicted molar refractivity (Wildman–Crippen MR) is 55.4 cm³/mol. The number of carbonyl (C=O) groups excluding carboxylic acids is 1. The molecule has 0 radical (unpaired) electrons. The molecule has 0 bridgehead atoms. The number of carbonyl (C=O) groups is 1. The molecule has 0 aliphatic rings. The molecule has 0 spiro atoms. The standard InChI is InChI=1S/C10H15FN2O2/c1-15-10(14)9-6-8(12)7-13(9)5-3-2-4-11/h6-7H,2-5,12H2,1H3. The van der Waals surface area contributed by atoms with Crippen molar-refractivity contribution in [1.29, 1.82) is 0 Å². The quantitative estimate of drug-likeness (QED) is 0.598. The second kappa shape index (κ2) is 5.38. The number of aromatic nitrogens is 1. The Morgan fingerprint density at radius 3 is 2.93 bits per heavy atom. The van der Waals surface area contributed by atoms with Gasteiger partial charge in [0.15, 0.2) is 0 Å². The highest BCUT2D eigenvalue weighted by Crippen LogP contribution is 2.12. The molecule has 0 aliphatic carbocycles. The molecule has 5 heteroatoms. The van der Waals surface area contributed by atoms with Crippen molar-refractivity contribution in [1.82, 2.24) is 4.57 Å². The van der Waals surface area contributed by atoms with E-state index in [0.29, 0.717) is 30.8 Å². The Kier molecular flexibility index (Phi) is 4.15. The Bertz CT molecular complexity index is 336. The maximum Gasteiger partial charge on any atom is 0.354 e. The number of halogens is 1. The maximum absolute atomic E-state index is 11.9. The number of unbranched alkanes of at least 4 members (excludes halogenated alkanes) is 1. The fraction of sp³-hybridized carbons (Fsp3) is 0.500. The van der Waals surface area contributed by atoms with Gasteiger partial charge in [0.1, 0.15) is 5.69 Å². The lowest BCUT2D eigenvalue weighted by Gasteiger charge is -2.06. The van der Waals surface area contributed by atoms with E-state index in [1.807, 2.05) is 0 Å². The molecular formula is C10H15FN2O2. The lowest BCUT2D eigenvalue weighted by molar-refractivity contribution is 0.0588. The van der Waals surface area contributed by atoms with Gasteiger partial charge in [-0.15, -0.1) is 0 Å². The normalized spacial score (nSPS) is 10.3. The highest BCUT2D eigenvalue weighted by molar-refractivity contribution is 5.88. The predicted octanol–water partition coefficient (Wildman–Crippen LogP) is 1.61. The molecule has 0 saturated heterocycles. The monoisotopic (exact) mass is 214 g/mol. The van der Waals surface area contributed by atoms with Gasteiger partial charge in [-0.2, -0.15) is 0 Å². The summed E-state index contributed by atoms with van der Waals surface area (Å²) in [6.07, 6.45) is 2.82. The smallest absolute Gasteiger partial charge is 0.354 e. The molecule has 0 atom stereocenters.